The summed E-state index contributed by atoms with van der Waals surface area (Å²) in [5.41, 5.74) is 0.910. The highest BCUT2D eigenvalue weighted by Gasteiger charge is 2.29. The zero-order chi connectivity index (χ0) is 17.0. The minimum atomic E-state index is -0.380. The normalized spacial score (nSPS) is 16.4. The van der Waals surface area contributed by atoms with Gasteiger partial charge in [0, 0.05) is 50.3 Å². The minimum Gasteiger partial charge on any atom is -0.340 e. The van der Waals surface area contributed by atoms with Crippen molar-refractivity contribution in [3.63, 3.8) is 0 Å². The van der Waals surface area contributed by atoms with E-state index < -0.39 is 0 Å². The van der Waals surface area contributed by atoms with Gasteiger partial charge in [-0.3, -0.25) is 19.8 Å². The average molecular weight is 319 g/mol. The first kappa shape index (κ1) is 17.4. The molecule has 1 heterocycles. The maximum atomic E-state index is 12.2. The smallest absolute Gasteiger partial charge is 0.269 e. The Morgan fingerprint density at radius 1 is 1.13 bits per heavy atom. The standard InChI is InChI=1S/C17H25N3O3/c1-17(2,3)16(21)19-12-10-18(11-13-19)9-8-14-4-6-15(7-5-14)20(22)23/h4-7H,8-13H2,1-3H3. The molecule has 0 bridgehead atoms. The molecule has 1 aliphatic heterocycles. The predicted molar refractivity (Wildman–Crippen MR) is 89.3 cm³/mol. The second-order valence-corrected chi connectivity index (χ2v) is 7.06. The summed E-state index contributed by atoms with van der Waals surface area (Å²) in [5, 5.41) is 10.6. The van der Waals surface area contributed by atoms with Gasteiger partial charge in [-0.2, -0.15) is 0 Å². The fraction of sp³-hybridized carbons (Fsp3) is 0.588. The van der Waals surface area contributed by atoms with Crippen LogP contribution >= 0.6 is 0 Å². The topological polar surface area (TPSA) is 66.7 Å². The number of hydrogen-bond acceptors (Lipinski definition) is 4. The van der Waals surface area contributed by atoms with Crippen molar-refractivity contribution in [1.29, 1.82) is 0 Å². The number of nitro groups is 1. The Labute approximate surface area is 137 Å². The fourth-order valence-electron chi connectivity index (χ4n) is 2.72. The Balaban J connectivity index is 1.78. The van der Waals surface area contributed by atoms with Crippen molar-refractivity contribution in [3.8, 4) is 0 Å². The Morgan fingerprint density at radius 2 is 1.70 bits per heavy atom. The molecule has 2 rings (SSSR count). The van der Waals surface area contributed by atoms with Crippen molar-refractivity contribution in [2.75, 3.05) is 32.7 Å². The van der Waals surface area contributed by atoms with Crippen LogP contribution in [0.3, 0.4) is 0 Å². The highest BCUT2D eigenvalue weighted by Crippen LogP contribution is 2.19. The highest BCUT2D eigenvalue weighted by molar-refractivity contribution is 5.81. The summed E-state index contributed by atoms with van der Waals surface area (Å²) in [5.74, 6) is 0.215. The monoisotopic (exact) mass is 319 g/mol. The van der Waals surface area contributed by atoms with Gasteiger partial charge < -0.3 is 4.90 Å². The number of non-ortho nitro benzene ring substituents is 1. The van der Waals surface area contributed by atoms with E-state index in [1.807, 2.05) is 37.8 Å². The van der Waals surface area contributed by atoms with E-state index in [0.717, 1.165) is 44.7 Å². The molecule has 1 fully saturated rings. The number of rotatable bonds is 4. The summed E-state index contributed by atoms with van der Waals surface area (Å²) in [7, 11) is 0. The van der Waals surface area contributed by atoms with Gasteiger partial charge in [0.1, 0.15) is 0 Å². The van der Waals surface area contributed by atoms with E-state index in [2.05, 4.69) is 4.90 Å². The lowest BCUT2D eigenvalue weighted by Gasteiger charge is -2.37. The van der Waals surface area contributed by atoms with Crippen molar-refractivity contribution in [2.45, 2.75) is 27.2 Å². The average Bonchev–Trinajstić information content (AvgIpc) is 2.52. The van der Waals surface area contributed by atoms with Gasteiger partial charge in [0.2, 0.25) is 5.91 Å². The first-order valence-corrected chi connectivity index (χ1v) is 8.02. The molecule has 0 aromatic heterocycles. The van der Waals surface area contributed by atoms with E-state index in [0.29, 0.717) is 0 Å². The van der Waals surface area contributed by atoms with Crippen molar-refractivity contribution >= 4 is 11.6 Å². The van der Waals surface area contributed by atoms with Gasteiger partial charge in [-0.1, -0.05) is 32.9 Å². The zero-order valence-electron chi connectivity index (χ0n) is 14.1. The quantitative estimate of drug-likeness (QED) is 0.631. The second kappa shape index (κ2) is 7.08. The first-order valence-electron chi connectivity index (χ1n) is 8.02. The Hall–Kier alpha value is -1.95. The van der Waals surface area contributed by atoms with Crippen LogP contribution in [0.15, 0.2) is 24.3 Å². The van der Waals surface area contributed by atoms with Crippen LogP contribution in [0.5, 0.6) is 0 Å². The Bertz CT molecular complexity index is 555. The number of amides is 1. The molecule has 0 radical (unpaired) electrons. The number of piperazine rings is 1. The van der Waals surface area contributed by atoms with Gasteiger partial charge in [0.15, 0.2) is 0 Å². The molecule has 1 amide bonds. The Morgan fingerprint density at radius 3 is 2.17 bits per heavy atom. The molecule has 0 saturated carbocycles. The minimum absolute atomic E-state index is 0.128. The van der Waals surface area contributed by atoms with Crippen LogP contribution in [-0.2, 0) is 11.2 Å². The largest absolute Gasteiger partial charge is 0.340 e. The van der Waals surface area contributed by atoms with Crippen LogP contribution in [0.1, 0.15) is 26.3 Å². The van der Waals surface area contributed by atoms with Crippen LogP contribution in [0, 0.1) is 15.5 Å². The lowest BCUT2D eigenvalue weighted by atomic mass is 9.94. The molecule has 0 unspecified atom stereocenters. The van der Waals surface area contributed by atoms with E-state index in [-0.39, 0.29) is 21.9 Å². The number of nitro benzene ring substituents is 1. The fourth-order valence-corrected chi connectivity index (χ4v) is 2.72. The van der Waals surface area contributed by atoms with Crippen LogP contribution < -0.4 is 0 Å². The van der Waals surface area contributed by atoms with Crippen LogP contribution in [0.25, 0.3) is 0 Å². The summed E-state index contributed by atoms with van der Waals surface area (Å²) in [6.07, 6.45) is 0.866. The van der Waals surface area contributed by atoms with Crippen LogP contribution in [-0.4, -0.2) is 53.4 Å². The molecule has 6 heteroatoms. The highest BCUT2D eigenvalue weighted by atomic mass is 16.6. The van der Waals surface area contributed by atoms with Gasteiger partial charge in [-0.15, -0.1) is 0 Å². The van der Waals surface area contributed by atoms with Gasteiger partial charge >= 0.3 is 0 Å². The molecule has 1 aromatic carbocycles. The zero-order valence-corrected chi connectivity index (χ0v) is 14.1. The summed E-state index contributed by atoms with van der Waals surface area (Å²) in [6, 6.07) is 6.74. The molecule has 0 aliphatic carbocycles. The van der Waals surface area contributed by atoms with E-state index in [1.54, 1.807) is 12.1 Å². The third-order valence-corrected chi connectivity index (χ3v) is 4.16. The molecular weight excluding hydrogens is 294 g/mol. The summed E-state index contributed by atoms with van der Waals surface area (Å²) in [6.45, 7) is 10.1. The lowest BCUT2D eigenvalue weighted by molar-refractivity contribution is -0.384. The van der Waals surface area contributed by atoms with Gasteiger partial charge in [-0.05, 0) is 12.0 Å². The number of benzene rings is 1. The third kappa shape index (κ3) is 4.76. The first-order chi connectivity index (χ1) is 10.8. The molecule has 1 aliphatic rings. The van der Waals surface area contributed by atoms with E-state index >= 15 is 0 Å². The van der Waals surface area contributed by atoms with Gasteiger partial charge in [0.05, 0.1) is 4.92 Å². The molecule has 1 aromatic rings. The lowest BCUT2D eigenvalue weighted by Crippen LogP contribution is -2.51. The number of carbonyl (C=O) groups is 1. The molecular formula is C17H25N3O3. The molecule has 6 nitrogen and oxygen atoms in total. The SMILES string of the molecule is CC(C)(C)C(=O)N1CCN(CCc2ccc([N+](=O)[O-])cc2)CC1. The van der Waals surface area contributed by atoms with Crippen molar-refractivity contribution in [3.05, 3.63) is 39.9 Å². The molecule has 23 heavy (non-hydrogen) atoms. The number of hydrogen-bond donors (Lipinski definition) is 0. The second-order valence-electron chi connectivity index (χ2n) is 7.06. The summed E-state index contributed by atoms with van der Waals surface area (Å²) < 4.78 is 0. The molecule has 1 saturated heterocycles. The molecule has 0 atom stereocenters. The van der Waals surface area contributed by atoms with Crippen LogP contribution in [0.4, 0.5) is 5.69 Å². The third-order valence-electron chi connectivity index (χ3n) is 4.16. The van der Waals surface area contributed by atoms with Crippen LogP contribution in [0.2, 0.25) is 0 Å². The van der Waals surface area contributed by atoms with E-state index in [1.165, 1.54) is 0 Å². The predicted octanol–water partition coefficient (Wildman–Crippen LogP) is 2.33. The number of nitrogens with zero attached hydrogens (tertiary/aromatic N) is 3. The van der Waals surface area contributed by atoms with Crippen molar-refractivity contribution < 1.29 is 9.72 Å². The molecule has 126 valence electrons. The summed E-state index contributed by atoms with van der Waals surface area (Å²) >= 11 is 0. The molecule has 0 N–H and O–H groups in total. The van der Waals surface area contributed by atoms with Gasteiger partial charge in [0.25, 0.3) is 5.69 Å². The maximum Gasteiger partial charge on any atom is 0.269 e. The van der Waals surface area contributed by atoms with Crippen molar-refractivity contribution in [1.82, 2.24) is 9.80 Å². The molecule has 0 spiro atoms. The Kier molecular flexibility index (Phi) is 5.36. The van der Waals surface area contributed by atoms with E-state index in [4.69, 9.17) is 0 Å². The maximum absolute atomic E-state index is 12.2. The van der Waals surface area contributed by atoms with Gasteiger partial charge in [-0.25, -0.2) is 0 Å². The van der Waals surface area contributed by atoms with Crippen molar-refractivity contribution in [2.24, 2.45) is 5.41 Å². The number of carbonyl (C=O) groups excluding carboxylic acids is 1. The van der Waals surface area contributed by atoms with E-state index in [9.17, 15) is 14.9 Å². The summed E-state index contributed by atoms with van der Waals surface area (Å²) in [4.78, 5) is 26.8.